The molecule has 32 heavy (non-hydrogen) atoms. The normalized spacial score (nSPS) is 22.5. The number of ether oxygens (including phenoxy) is 1. The minimum atomic E-state index is 0.165. The van der Waals surface area contributed by atoms with Gasteiger partial charge in [-0.15, -0.1) is 0 Å². The number of anilines is 1. The molecule has 0 amide bonds. The van der Waals surface area contributed by atoms with Crippen molar-refractivity contribution in [2.45, 2.75) is 46.1 Å². The van der Waals surface area contributed by atoms with Crippen LogP contribution in [-0.2, 0) is 6.42 Å². The number of hydrogen-bond donors (Lipinski definition) is 0. The van der Waals surface area contributed by atoms with Crippen LogP contribution in [0.4, 0.5) is 5.82 Å². The Bertz CT molecular complexity index is 1070. The Balaban J connectivity index is 1.31. The smallest absolute Gasteiger partial charge is 0.320 e. The second kappa shape index (κ2) is 8.70. The summed E-state index contributed by atoms with van der Waals surface area (Å²) in [5.74, 6) is 4.50. The number of halogens is 1. The molecule has 168 valence electrons. The van der Waals surface area contributed by atoms with Crippen LogP contribution in [0.15, 0.2) is 36.7 Å². The average molecular weight is 453 g/mol. The Morgan fingerprint density at radius 3 is 2.47 bits per heavy atom. The maximum atomic E-state index is 6.06. The fraction of sp³-hybridized carbons (Fsp3) is 0.500. The first-order chi connectivity index (χ1) is 15.5. The second-order valence-corrected chi connectivity index (χ2v) is 9.73. The molecule has 1 aliphatic carbocycles. The summed E-state index contributed by atoms with van der Waals surface area (Å²) < 4.78 is 7.94. The summed E-state index contributed by atoms with van der Waals surface area (Å²) in [4.78, 5) is 16.0. The number of aromatic nitrogens is 5. The quantitative estimate of drug-likeness (QED) is 0.517. The number of hydrogen-bond acceptors (Lipinski definition) is 6. The average Bonchev–Trinajstić information content (AvgIpc) is 3.26. The minimum absolute atomic E-state index is 0.165. The molecular formula is C24H29ClN6O. The number of benzene rings is 1. The Kier molecular flexibility index (Phi) is 5.76. The van der Waals surface area contributed by atoms with Gasteiger partial charge in [-0.3, -0.25) is 0 Å². The molecule has 1 saturated carbocycles. The summed E-state index contributed by atoms with van der Waals surface area (Å²) in [6.45, 7) is 8.29. The van der Waals surface area contributed by atoms with Crippen LogP contribution < -0.4 is 9.64 Å². The third-order valence-corrected chi connectivity index (χ3v) is 6.97. The summed E-state index contributed by atoms with van der Waals surface area (Å²) in [6, 6.07) is 10.1. The van der Waals surface area contributed by atoms with Gasteiger partial charge >= 0.3 is 6.01 Å². The molecule has 8 heteroatoms. The van der Waals surface area contributed by atoms with Crippen molar-refractivity contribution in [3.05, 3.63) is 53.2 Å². The van der Waals surface area contributed by atoms with Gasteiger partial charge in [0.25, 0.3) is 0 Å². The molecule has 3 aromatic rings. The highest BCUT2D eigenvalue weighted by Crippen LogP contribution is 2.44. The van der Waals surface area contributed by atoms with Gasteiger partial charge in [-0.2, -0.15) is 10.1 Å². The van der Waals surface area contributed by atoms with Crippen molar-refractivity contribution in [1.82, 2.24) is 24.7 Å². The Morgan fingerprint density at radius 1 is 1.09 bits per heavy atom. The molecule has 3 heterocycles. The van der Waals surface area contributed by atoms with Crippen molar-refractivity contribution in [2.75, 3.05) is 18.0 Å². The minimum Gasteiger partial charge on any atom is -0.424 e. The molecule has 1 saturated heterocycles. The van der Waals surface area contributed by atoms with Gasteiger partial charge in [0.1, 0.15) is 17.9 Å². The fourth-order valence-electron chi connectivity index (χ4n) is 5.13. The Morgan fingerprint density at radius 2 is 1.81 bits per heavy atom. The zero-order valence-corrected chi connectivity index (χ0v) is 19.5. The van der Waals surface area contributed by atoms with Crippen LogP contribution in [0.2, 0.25) is 5.02 Å². The zero-order valence-electron chi connectivity index (χ0n) is 18.8. The first-order valence-corrected chi connectivity index (χ1v) is 11.8. The van der Waals surface area contributed by atoms with E-state index in [0.29, 0.717) is 34.5 Å². The summed E-state index contributed by atoms with van der Waals surface area (Å²) in [7, 11) is 0. The molecule has 1 aromatic carbocycles. The van der Waals surface area contributed by atoms with Gasteiger partial charge in [0.05, 0.1) is 6.04 Å². The van der Waals surface area contributed by atoms with Crippen LogP contribution in [0, 0.1) is 24.7 Å². The van der Waals surface area contributed by atoms with Crippen LogP contribution in [0.1, 0.15) is 44.2 Å². The van der Waals surface area contributed by atoms with E-state index in [9.17, 15) is 0 Å². The molecule has 2 aliphatic rings. The largest absolute Gasteiger partial charge is 0.424 e. The zero-order chi connectivity index (χ0) is 22.2. The van der Waals surface area contributed by atoms with E-state index in [1.807, 2.05) is 35.9 Å². The Hall–Kier alpha value is -2.67. The first kappa shape index (κ1) is 21.2. The van der Waals surface area contributed by atoms with E-state index < -0.39 is 0 Å². The van der Waals surface area contributed by atoms with Crippen molar-refractivity contribution in [2.24, 2.45) is 17.8 Å². The van der Waals surface area contributed by atoms with E-state index in [1.165, 1.54) is 12.8 Å². The summed E-state index contributed by atoms with van der Waals surface area (Å²) >= 11 is 6.00. The van der Waals surface area contributed by atoms with Gasteiger partial charge < -0.3 is 9.64 Å². The summed E-state index contributed by atoms with van der Waals surface area (Å²) in [5, 5.41) is 5.51. The number of aryl methyl sites for hydroxylation is 1. The molecule has 1 unspecified atom stereocenters. The van der Waals surface area contributed by atoms with E-state index in [0.717, 1.165) is 36.8 Å². The van der Waals surface area contributed by atoms with Crippen molar-refractivity contribution >= 4 is 17.4 Å². The van der Waals surface area contributed by atoms with Gasteiger partial charge in [0, 0.05) is 36.3 Å². The number of fused-ring (bicyclic) bond motifs is 2. The Labute approximate surface area is 193 Å². The fourth-order valence-corrected chi connectivity index (χ4v) is 5.26. The van der Waals surface area contributed by atoms with Gasteiger partial charge in [-0.1, -0.05) is 11.6 Å². The maximum Gasteiger partial charge on any atom is 0.320 e. The molecular weight excluding hydrogens is 424 g/mol. The highest BCUT2D eigenvalue weighted by atomic mass is 35.5. The molecule has 0 N–H and O–H groups in total. The lowest BCUT2D eigenvalue weighted by Crippen LogP contribution is -2.43. The van der Waals surface area contributed by atoms with Gasteiger partial charge in [-0.25, -0.2) is 14.6 Å². The maximum absolute atomic E-state index is 6.06. The third kappa shape index (κ3) is 4.31. The third-order valence-electron chi connectivity index (χ3n) is 6.72. The van der Waals surface area contributed by atoms with Gasteiger partial charge in [0.2, 0.25) is 0 Å². The lowest BCUT2D eigenvalue weighted by Gasteiger charge is -2.38. The van der Waals surface area contributed by atoms with Crippen molar-refractivity contribution in [1.29, 1.82) is 0 Å². The lowest BCUT2D eigenvalue weighted by atomic mass is 9.82. The topological polar surface area (TPSA) is 69.0 Å². The SMILES string of the molecule is Cc1cc(N2C[C@H]3CC[C@@H](C2)C3Cc2nc(Oc3ccc(Cl)cc3)n(C(C)C)n2)ncn1. The van der Waals surface area contributed by atoms with Crippen LogP contribution in [0.25, 0.3) is 0 Å². The molecule has 0 radical (unpaired) electrons. The van der Waals surface area contributed by atoms with Crippen molar-refractivity contribution < 1.29 is 4.74 Å². The van der Waals surface area contributed by atoms with Gasteiger partial charge in [-0.05, 0) is 75.6 Å². The van der Waals surface area contributed by atoms with Crippen LogP contribution >= 0.6 is 11.6 Å². The highest BCUT2D eigenvalue weighted by Gasteiger charge is 2.43. The highest BCUT2D eigenvalue weighted by molar-refractivity contribution is 6.30. The summed E-state index contributed by atoms with van der Waals surface area (Å²) in [5.41, 5.74) is 1.01. The van der Waals surface area contributed by atoms with Crippen LogP contribution in [-0.4, -0.2) is 37.8 Å². The summed E-state index contributed by atoms with van der Waals surface area (Å²) in [6.07, 6.45) is 5.08. The van der Waals surface area contributed by atoms with E-state index in [1.54, 1.807) is 6.33 Å². The van der Waals surface area contributed by atoms with Crippen molar-refractivity contribution in [3.63, 3.8) is 0 Å². The van der Waals surface area contributed by atoms with E-state index in [4.69, 9.17) is 26.4 Å². The molecule has 2 fully saturated rings. The van der Waals surface area contributed by atoms with Crippen LogP contribution in [0.3, 0.4) is 0 Å². The number of nitrogens with zero attached hydrogens (tertiary/aromatic N) is 6. The molecule has 1 aliphatic heterocycles. The van der Waals surface area contributed by atoms with Crippen LogP contribution in [0.5, 0.6) is 11.8 Å². The standard InChI is InChI=1S/C24H29ClN6O/c1-15(2)31-24(32-20-8-6-19(25)7-9-20)28-22(29-31)11-21-17-4-5-18(21)13-30(12-17)23-10-16(3)26-14-27-23/h6-10,14-15,17-18,21H,4-5,11-13H2,1-3H3/t17-,18+,21?. The molecule has 2 aromatic heterocycles. The molecule has 0 spiro atoms. The second-order valence-electron chi connectivity index (χ2n) is 9.29. The van der Waals surface area contributed by atoms with Crippen molar-refractivity contribution in [3.8, 4) is 11.8 Å². The van der Waals surface area contributed by atoms with E-state index in [-0.39, 0.29) is 6.04 Å². The van der Waals surface area contributed by atoms with E-state index >= 15 is 0 Å². The predicted molar refractivity (Wildman–Crippen MR) is 124 cm³/mol. The van der Waals surface area contributed by atoms with Gasteiger partial charge in [0.15, 0.2) is 5.82 Å². The lowest BCUT2D eigenvalue weighted by molar-refractivity contribution is 0.264. The monoisotopic (exact) mass is 452 g/mol. The molecule has 2 bridgehead atoms. The molecule has 5 rings (SSSR count). The molecule has 3 atom stereocenters. The van der Waals surface area contributed by atoms with E-state index in [2.05, 4.69) is 34.8 Å². The molecule has 7 nitrogen and oxygen atoms in total. The first-order valence-electron chi connectivity index (χ1n) is 11.4. The number of rotatable bonds is 6. The number of piperidine rings is 1. The predicted octanol–water partition coefficient (Wildman–Crippen LogP) is 5.11.